The van der Waals surface area contributed by atoms with Crippen molar-refractivity contribution >= 4 is 11.2 Å². The molecule has 31 heavy (non-hydrogen) atoms. The Balaban J connectivity index is 1.53. The Kier molecular flexibility index (Phi) is 7.34. The van der Waals surface area contributed by atoms with Crippen molar-refractivity contribution in [1.82, 2.24) is 19.1 Å². The molecule has 0 spiro atoms. The Morgan fingerprint density at radius 1 is 1.13 bits per heavy atom. The number of hydrogen-bond donors (Lipinski definition) is 1. The van der Waals surface area contributed by atoms with E-state index < -0.39 is 0 Å². The molecule has 5 heteroatoms. The van der Waals surface area contributed by atoms with E-state index in [4.69, 9.17) is 5.41 Å². The first kappa shape index (κ1) is 23.2. The molecular formula is C26H39N5. The Bertz CT molecular complexity index is 1070. The summed E-state index contributed by atoms with van der Waals surface area (Å²) in [4.78, 5) is 8.58. The van der Waals surface area contributed by atoms with E-state index in [9.17, 15) is 0 Å². The summed E-state index contributed by atoms with van der Waals surface area (Å²) in [5.41, 5.74) is 8.47. The van der Waals surface area contributed by atoms with Crippen LogP contribution in [0, 0.1) is 10.8 Å². The van der Waals surface area contributed by atoms with Crippen molar-refractivity contribution in [3.8, 4) is 0 Å². The molecule has 0 amide bonds. The van der Waals surface area contributed by atoms with Crippen LogP contribution >= 0.6 is 0 Å². The first-order valence-electron chi connectivity index (χ1n) is 11.6. The zero-order chi connectivity index (χ0) is 22.6. The minimum Gasteiger partial charge on any atom is -0.322 e. The van der Waals surface area contributed by atoms with Gasteiger partial charge in [0.1, 0.15) is 5.52 Å². The van der Waals surface area contributed by atoms with Crippen LogP contribution in [0.15, 0.2) is 47.1 Å². The molecule has 1 aliphatic carbocycles. The number of hydrogen-bond acceptors (Lipinski definition) is 3. The second-order valence-corrected chi connectivity index (χ2v) is 9.91. The average molecular weight is 422 g/mol. The van der Waals surface area contributed by atoms with Crippen LogP contribution < -0.4 is 5.49 Å². The lowest BCUT2D eigenvalue weighted by Gasteiger charge is -2.35. The van der Waals surface area contributed by atoms with Gasteiger partial charge in [-0.25, -0.2) is 9.97 Å². The lowest BCUT2D eigenvalue weighted by molar-refractivity contribution is 0.354. The number of nitrogens with one attached hydrogen (secondary N) is 1. The van der Waals surface area contributed by atoms with Crippen molar-refractivity contribution in [3.05, 3.63) is 52.6 Å². The van der Waals surface area contributed by atoms with Gasteiger partial charge >= 0.3 is 0 Å². The van der Waals surface area contributed by atoms with E-state index in [2.05, 4.69) is 56.7 Å². The van der Waals surface area contributed by atoms with Gasteiger partial charge in [-0.3, -0.25) is 5.41 Å². The Morgan fingerprint density at radius 3 is 2.61 bits per heavy atom. The molecular weight excluding hydrogens is 382 g/mol. The fourth-order valence-corrected chi connectivity index (χ4v) is 4.82. The summed E-state index contributed by atoms with van der Waals surface area (Å²) < 4.78 is 3.87. The van der Waals surface area contributed by atoms with Gasteiger partial charge in [0, 0.05) is 13.6 Å². The van der Waals surface area contributed by atoms with Crippen molar-refractivity contribution in [2.24, 2.45) is 12.5 Å². The molecule has 0 saturated carbocycles. The summed E-state index contributed by atoms with van der Waals surface area (Å²) in [6.45, 7) is 12.4. The molecule has 168 valence electrons. The molecule has 0 fully saturated rings. The van der Waals surface area contributed by atoms with E-state index in [-0.39, 0.29) is 5.49 Å². The van der Waals surface area contributed by atoms with Gasteiger partial charge < -0.3 is 9.13 Å². The maximum absolute atomic E-state index is 8.10. The highest BCUT2D eigenvalue weighted by atomic mass is 15.1. The Morgan fingerprint density at radius 2 is 1.87 bits per heavy atom. The molecule has 0 radical (unpaired) electrons. The van der Waals surface area contributed by atoms with E-state index in [1.807, 2.05) is 22.5 Å². The molecule has 2 aromatic heterocycles. The standard InChI is InChI=1S/C26H39N5/c1-19(12-13-22-21(3)11-8-15-26(22,4)5)9-7-10-20(2)14-16-31-18-29-25-23(31)24(27)28-17-30(25)6/h9,14,17-18,27H,7-8,10-13,15-16H2,1-6H3/b19-9+,20-14+,27-24?. The van der Waals surface area contributed by atoms with Crippen molar-refractivity contribution in [2.45, 2.75) is 86.1 Å². The fraction of sp³-hybridized carbons (Fsp3) is 0.577. The van der Waals surface area contributed by atoms with Crippen molar-refractivity contribution < 1.29 is 0 Å². The highest BCUT2D eigenvalue weighted by Gasteiger charge is 2.27. The molecule has 0 bridgehead atoms. The van der Waals surface area contributed by atoms with Crippen LogP contribution in [0.4, 0.5) is 0 Å². The first-order chi connectivity index (χ1) is 14.7. The average Bonchev–Trinajstić information content (AvgIpc) is 3.14. The van der Waals surface area contributed by atoms with Crippen molar-refractivity contribution in [2.75, 3.05) is 0 Å². The number of fused-ring (bicyclic) bond motifs is 1. The molecule has 0 saturated heterocycles. The van der Waals surface area contributed by atoms with Gasteiger partial charge in [0.15, 0.2) is 11.1 Å². The molecule has 0 unspecified atom stereocenters. The van der Waals surface area contributed by atoms with Crippen LogP contribution in [0.1, 0.15) is 79.6 Å². The third-order valence-electron chi connectivity index (χ3n) is 6.86. The van der Waals surface area contributed by atoms with Gasteiger partial charge in [-0.2, -0.15) is 0 Å². The van der Waals surface area contributed by atoms with Crippen LogP contribution in [0.5, 0.6) is 0 Å². The number of allylic oxidation sites excluding steroid dienone is 6. The van der Waals surface area contributed by atoms with Crippen LogP contribution in [-0.2, 0) is 13.6 Å². The second kappa shape index (κ2) is 9.80. The summed E-state index contributed by atoms with van der Waals surface area (Å²) in [5.74, 6) is 0. The van der Waals surface area contributed by atoms with Gasteiger partial charge in [-0.15, -0.1) is 0 Å². The van der Waals surface area contributed by atoms with E-state index >= 15 is 0 Å². The second-order valence-electron chi connectivity index (χ2n) is 9.91. The predicted octanol–water partition coefficient (Wildman–Crippen LogP) is 6.23. The molecule has 1 N–H and O–H groups in total. The van der Waals surface area contributed by atoms with Crippen LogP contribution in [0.3, 0.4) is 0 Å². The van der Waals surface area contributed by atoms with Gasteiger partial charge in [-0.1, -0.05) is 48.3 Å². The number of aromatic nitrogens is 4. The first-order valence-corrected chi connectivity index (χ1v) is 11.6. The summed E-state index contributed by atoms with van der Waals surface area (Å²) in [6.07, 6.45) is 16.6. The minimum atomic E-state index is 0.279. The predicted molar refractivity (Wildman–Crippen MR) is 129 cm³/mol. The zero-order valence-electron chi connectivity index (χ0n) is 20.3. The van der Waals surface area contributed by atoms with Crippen LogP contribution in [-0.4, -0.2) is 19.1 Å². The third kappa shape index (κ3) is 5.63. The fourth-order valence-electron chi connectivity index (χ4n) is 4.82. The summed E-state index contributed by atoms with van der Waals surface area (Å²) >= 11 is 0. The number of nitrogens with zero attached hydrogens (tertiary/aromatic N) is 4. The SMILES string of the molecule is CC1=C(CC/C(C)=C/CC/C(C)=C/Cn2cnc3c2c(=N)ncn3C)C(C)(C)CCC1. The molecule has 0 aromatic carbocycles. The maximum Gasteiger partial charge on any atom is 0.174 e. The largest absolute Gasteiger partial charge is 0.322 e. The maximum atomic E-state index is 8.10. The molecule has 3 rings (SSSR count). The van der Waals surface area contributed by atoms with E-state index in [1.54, 1.807) is 17.5 Å². The molecule has 1 aliphatic rings. The molecule has 2 heterocycles. The van der Waals surface area contributed by atoms with E-state index in [0.29, 0.717) is 5.41 Å². The molecule has 0 aliphatic heterocycles. The van der Waals surface area contributed by atoms with Crippen LogP contribution in [0.25, 0.3) is 11.2 Å². The minimum absolute atomic E-state index is 0.279. The summed E-state index contributed by atoms with van der Waals surface area (Å²) in [6, 6.07) is 0. The smallest absolute Gasteiger partial charge is 0.174 e. The Labute approximate surface area is 187 Å². The molecule has 2 aromatic rings. The van der Waals surface area contributed by atoms with Crippen molar-refractivity contribution in [3.63, 3.8) is 0 Å². The number of rotatable bonds is 8. The lowest BCUT2D eigenvalue weighted by Crippen LogP contribution is -2.20. The molecule has 5 nitrogen and oxygen atoms in total. The highest BCUT2D eigenvalue weighted by Crippen LogP contribution is 2.42. The van der Waals surface area contributed by atoms with Gasteiger partial charge in [0.25, 0.3) is 0 Å². The quantitative estimate of drug-likeness (QED) is 0.514. The topological polar surface area (TPSA) is 59.5 Å². The number of aryl methyl sites for hydroxylation is 1. The monoisotopic (exact) mass is 421 g/mol. The number of imidazole rings is 1. The molecule has 0 atom stereocenters. The van der Waals surface area contributed by atoms with Crippen molar-refractivity contribution in [1.29, 1.82) is 5.41 Å². The normalized spacial score (nSPS) is 17.6. The zero-order valence-corrected chi connectivity index (χ0v) is 20.3. The van der Waals surface area contributed by atoms with Gasteiger partial charge in [-0.05, 0) is 71.1 Å². The summed E-state index contributed by atoms with van der Waals surface area (Å²) in [7, 11) is 1.91. The summed E-state index contributed by atoms with van der Waals surface area (Å²) in [5, 5.41) is 8.10. The van der Waals surface area contributed by atoms with Crippen LogP contribution in [0.2, 0.25) is 0 Å². The van der Waals surface area contributed by atoms with Gasteiger partial charge in [0.05, 0.1) is 12.7 Å². The third-order valence-corrected chi connectivity index (χ3v) is 6.86. The highest BCUT2D eigenvalue weighted by molar-refractivity contribution is 5.69. The van der Waals surface area contributed by atoms with E-state index in [0.717, 1.165) is 30.6 Å². The van der Waals surface area contributed by atoms with E-state index in [1.165, 1.54) is 43.3 Å². The van der Waals surface area contributed by atoms with Gasteiger partial charge in [0.2, 0.25) is 0 Å². The Hall–Kier alpha value is -2.43. The lowest BCUT2D eigenvalue weighted by atomic mass is 9.71.